The molecule has 0 spiro atoms. The minimum Gasteiger partial charge on any atom is -0.356 e. The number of carbonyl (C=O) groups excluding carboxylic acids is 2. The Labute approximate surface area is 117 Å². The predicted molar refractivity (Wildman–Crippen MR) is 74.0 cm³/mol. The van der Waals surface area contributed by atoms with E-state index in [1.54, 1.807) is 18.2 Å². The van der Waals surface area contributed by atoms with Crippen LogP contribution in [0.15, 0.2) is 18.2 Å². The standard InChI is InChI=1S/C13H18ClN3O2/c1-9(2)8-16-12(18)6-7-15-13(19)10-4-3-5-11(14)17-10/h3-5,9H,6-8H2,1-2H3,(H,15,19)(H,16,18). The van der Waals surface area contributed by atoms with Crippen molar-refractivity contribution in [3.8, 4) is 0 Å². The lowest BCUT2D eigenvalue weighted by atomic mass is 10.2. The second kappa shape index (κ2) is 7.74. The molecule has 1 aromatic rings. The third-order valence-electron chi connectivity index (χ3n) is 2.29. The number of hydrogen-bond donors (Lipinski definition) is 2. The molecule has 0 bridgehead atoms. The molecule has 0 atom stereocenters. The summed E-state index contributed by atoms with van der Waals surface area (Å²) in [5.74, 6) is 0.00131. The highest BCUT2D eigenvalue weighted by Gasteiger charge is 2.08. The molecule has 0 unspecified atom stereocenters. The first-order chi connectivity index (χ1) is 8.99. The summed E-state index contributed by atoms with van der Waals surface area (Å²) in [5.41, 5.74) is 0.245. The van der Waals surface area contributed by atoms with E-state index in [0.717, 1.165) is 0 Å². The number of nitrogens with zero attached hydrogens (tertiary/aromatic N) is 1. The molecule has 0 aliphatic carbocycles. The number of carbonyl (C=O) groups is 2. The first kappa shape index (κ1) is 15.4. The van der Waals surface area contributed by atoms with Gasteiger partial charge in [-0.25, -0.2) is 4.98 Å². The van der Waals surface area contributed by atoms with Crippen molar-refractivity contribution >= 4 is 23.4 Å². The fourth-order valence-corrected chi connectivity index (χ4v) is 1.48. The van der Waals surface area contributed by atoms with E-state index in [2.05, 4.69) is 15.6 Å². The van der Waals surface area contributed by atoms with Crippen LogP contribution in [0, 0.1) is 5.92 Å². The number of pyridine rings is 1. The molecular weight excluding hydrogens is 266 g/mol. The van der Waals surface area contributed by atoms with E-state index in [-0.39, 0.29) is 35.6 Å². The summed E-state index contributed by atoms with van der Waals surface area (Å²) in [4.78, 5) is 27.0. The molecule has 0 aromatic carbocycles. The van der Waals surface area contributed by atoms with Gasteiger partial charge >= 0.3 is 0 Å². The molecule has 6 heteroatoms. The molecule has 104 valence electrons. The van der Waals surface area contributed by atoms with Crippen molar-refractivity contribution in [3.63, 3.8) is 0 Å². The van der Waals surface area contributed by atoms with Gasteiger partial charge in [0.15, 0.2) is 0 Å². The molecular formula is C13H18ClN3O2. The Morgan fingerprint density at radius 1 is 1.32 bits per heavy atom. The Balaban J connectivity index is 2.29. The van der Waals surface area contributed by atoms with Crippen LogP contribution in [0.1, 0.15) is 30.8 Å². The first-order valence-corrected chi connectivity index (χ1v) is 6.54. The fourth-order valence-electron chi connectivity index (χ4n) is 1.32. The maximum atomic E-state index is 11.7. The van der Waals surface area contributed by atoms with Gasteiger partial charge < -0.3 is 10.6 Å². The van der Waals surface area contributed by atoms with E-state index in [0.29, 0.717) is 12.5 Å². The Hall–Kier alpha value is -1.62. The number of aromatic nitrogens is 1. The third-order valence-corrected chi connectivity index (χ3v) is 2.50. The van der Waals surface area contributed by atoms with Crippen molar-refractivity contribution in [1.82, 2.24) is 15.6 Å². The zero-order chi connectivity index (χ0) is 14.3. The lowest BCUT2D eigenvalue weighted by Gasteiger charge is -2.08. The van der Waals surface area contributed by atoms with Gasteiger partial charge in [-0.1, -0.05) is 31.5 Å². The highest BCUT2D eigenvalue weighted by Crippen LogP contribution is 2.04. The van der Waals surface area contributed by atoms with Crippen molar-refractivity contribution in [2.45, 2.75) is 20.3 Å². The van der Waals surface area contributed by atoms with E-state index in [4.69, 9.17) is 11.6 Å². The molecule has 5 nitrogen and oxygen atoms in total. The molecule has 0 aliphatic rings. The maximum Gasteiger partial charge on any atom is 0.269 e. The van der Waals surface area contributed by atoms with Gasteiger partial charge in [0.25, 0.3) is 5.91 Å². The average Bonchev–Trinajstić information content (AvgIpc) is 2.36. The van der Waals surface area contributed by atoms with Crippen molar-refractivity contribution in [2.24, 2.45) is 5.92 Å². The Kier molecular flexibility index (Phi) is 6.29. The molecule has 0 radical (unpaired) electrons. The SMILES string of the molecule is CC(C)CNC(=O)CCNC(=O)c1cccc(Cl)n1. The molecule has 0 saturated heterocycles. The van der Waals surface area contributed by atoms with Gasteiger partial charge in [-0.3, -0.25) is 9.59 Å². The van der Waals surface area contributed by atoms with E-state index in [1.165, 1.54) is 0 Å². The zero-order valence-electron chi connectivity index (χ0n) is 11.1. The van der Waals surface area contributed by atoms with E-state index < -0.39 is 0 Å². The van der Waals surface area contributed by atoms with Crippen LogP contribution in [-0.4, -0.2) is 29.9 Å². The van der Waals surface area contributed by atoms with Crippen LogP contribution in [0.4, 0.5) is 0 Å². The summed E-state index contributed by atoms with van der Waals surface area (Å²) in [6, 6.07) is 4.82. The number of hydrogen-bond acceptors (Lipinski definition) is 3. The minimum atomic E-state index is -0.334. The van der Waals surface area contributed by atoms with Crippen molar-refractivity contribution < 1.29 is 9.59 Å². The van der Waals surface area contributed by atoms with E-state index >= 15 is 0 Å². The van der Waals surface area contributed by atoms with Gasteiger partial charge in [0, 0.05) is 19.5 Å². The Morgan fingerprint density at radius 3 is 2.68 bits per heavy atom. The van der Waals surface area contributed by atoms with Crippen LogP contribution in [0.5, 0.6) is 0 Å². The van der Waals surface area contributed by atoms with E-state index in [9.17, 15) is 9.59 Å². The molecule has 1 heterocycles. The molecule has 2 N–H and O–H groups in total. The van der Waals surface area contributed by atoms with Crippen molar-refractivity contribution in [3.05, 3.63) is 29.0 Å². The third kappa shape index (κ3) is 6.20. The smallest absolute Gasteiger partial charge is 0.269 e. The summed E-state index contributed by atoms with van der Waals surface area (Å²) in [5, 5.41) is 5.67. The lowest BCUT2D eigenvalue weighted by Crippen LogP contribution is -2.32. The van der Waals surface area contributed by atoms with Gasteiger partial charge in [0.05, 0.1) is 0 Å². The normalized spacial score (nSPS) is 10.3. The Bertz CT molecular complexity index is 449. The first-order valence-electron chi connectivity index (χ1n) is 6.16. The van der Waals surface area contributed by atoms with Gasteiger partial charge in [-0.05, 0) is 18.1 Å². The second-order valence-corrected chi connectivity index (χ2v) is 4.94. The quantitative estimate of drug-likeness (QED) is 0.780. The summed E-state index contributed by atoms with van der Waals surface area (Å²) in [6.45, 7) is 4.96. The number of nitrogens with one attached hydrogen (secondary N) is 2. The maximum absolute atomic E-state index is 11.7. The van der Waals surface area contributed by atoms with Gasteiger partial charge in [0.2, 0.25) is 5.91 Å². The van der Waals surface area contributed by atoms with Crippen LogP contribution in [0.2, 0.25) is 5.15 Å². The summed E-state index contributed by atoms with van der Waals surface area (Å²) in [7, 11) is 0. The zero-order valence-corrected chi connectivity index (χ0v) is 11.8. The predicted octanol–water partition coefficient (Wildman–Crippen LogP) is 1.63. The van der Waals surface area contributed by atoms with Gasteiger partial charge in [-0.2, -0.15) is 0 Å². The largest absolute Gasteiger partial charge is 0.356 e. The number of amides is 2. The van der Waals surface area contributed by atoms with Crippen LogP contribution < -0.4 is 10.6 Å². The molecule has 0 aliphatic heterocycles. The highest BCUT2D eigenvalue weighted by molar-refractivity contribution is 6.29. The van der Waals surface area contributed by atoms with Crippen molar-refractivity contribution in [1.29, 1.82) is 0 Å². The average molecular weight is 284 g/mol. The molecule has 1 aromatic heterocycles. The van der Waals surface area contributed by atoms with Gasteiger partial charge in [-0.15, -0.1) is 0 Å². The van der Waals surface area contributed by atoms with Crippen LogP contribution >= 0.6 is 11.6 Å². The molecule has 2 amide bonds. The summed E-state index contributed by atoms with van der Waals surface area (Å²) < 4.78 is 0. The van der Waals surface area contributed by atoms with Gasteiger partial charge in [0.1, 0.15) is 10.8 Å². The van der Waals surface area contributed by atoms with E-state index in [1.807, 2.05) is 13.8 Å². The Morgan fingerprint density at radius 2 is 2.05 bits per heavy atom. The number of halogens is 1. The highest BCUT2D eigenvalue weighted by atomic mass is 35.5. The summed E-state index contributed by atoms with van der Waals surface area (Å²) in [6.07, 6.45) is 0.249. The molecule has 19 heavy (non-hydrogen) atoms. The van der Waals surface area contributed by atoms with Crippen molar-refractivity contribution in [2.75, 3.05) is 13.1 Å². The summed E-state index contributed by atoms with van der Waals surface area (Å²) >= 11 is 5.69. The number of rotatable bonds is 6. The minimum absolute atomic E-state index is 0.0759. The molecule has 0 fully saturated rings. The lowest BCUT2D eigenvalue weighted by molar-refractivity contribution is -0.121. The monoisotopic (exact) mass is 283 g/mol. The topological polar surface area (TPSA) is 71.1 Å². The van der Waals surface area contributed by atoms with Crippen LogP contribution in [-0.2, 0) is 4.79 Å². The fraction of sp³-hybridized carbons (Fsp3) is 0.462. The molecule has 0 saturated carbocycles. The second-order valence-electron chi connectivity index (χ2n) is 4.55. The van der Waals surface area contributed by atoms with Crippen LogP contribution in [0.25, 0.3) is 0 Å². The molecule has 1 rings (SSSR count). The van der Waals surface area contributed by atoms with Crippen LogP contribution in [0.3, 0.4) is 0 Å².